The van der Waals surface area contributed by atoms with Crippen molar-refractivity contribution < 1.29 is 13.5 Å². The topological polar surface area (TPSA) is 84.2 Å². The standard InChI is InChI=1S/C25H26F2N8O/c1-15-13-36-14-22-31-24-18(26)9-16(10-20(24)35(15)22)23-19(27)12-29-25(32-23)30-21-4-3-17(11-28-21)34-7-5-33(2)6-8-34/h3-4,9-12,15H,5-8,13-14H2,1-2H3,(H,28,29,30,32). The fourth-order valence-corrected chi connectivity index (χ4v) is 4.78. The maximum Gasteiger partial charge on any atom is 0.229 e. The SMILES string of the molecule is CC1COCc2nc3c(F)cc(-c4nc(Nc5ccc(N6CCN(C)CC6)cn5)ncc4F)cc3n21. The van der Waals surface area contributed by atoms with Gasteiger partial charge < -0.3 is 24.4 Å². The van der Waals surface area contributed by atoms with E-state index in [0.29, 0.717) is 35.9 Å². The van der Waals surface area contributed by atoms with E-state index < -0.39 is 11.6 Å². The van der Waals surface area contributed by atoms with E-state index in [-0.39, 0.29) is 23.2 Å². The van der Waals surface area contributed by atoms with Gasteiger partial charge >= 0.3 is 0 Å². The molecule has 0 aliphatic carbocycles. The minimum atomic E-state index is -0.646. The van der Waals surface area contributed by atoms with Gasteiger partial charge in [-0.2, -0.15) is 0 Å². The number of benzene rings is 1. The summed E-state index contributed by atoms with van der Waals surface area (Å²) in [5.41, 5.74) is 2.18. The molecule has 0 spiro atoms. The van der Waals surface area contributed by atoms with Crippen molar-refractivity contribution in [1.29, 1.82) is 0 Å². The Kier molecular flexibility index (Phi) is 5.73. The Hall–Kier alpha value is -3.70. The Morgan fingerprint density at radius 1 is 1.00 bits per heavy atom. The monoisotopic (exact) mass is 492 g/mol. The van der Waals surface area contributed by atoms with E-state index in [0.717, 1.165) is 38.1 Å². The van der Waals surface area contributed by atoms with Crippen molar-refractivity contribution in [3.63, 3.8) is 0 Å². The van der Waals surface area contributed by atoms with Crippen LogP contribution in [0.1, 0.15) is 18.8 Å². The molecule has 1 aromatic carbocycles. The molecular formula is C25H26F2N8O. The minimum absolute atomic E-state index is 0.00220. The fraction of sp³-hybridized carbons (Fsp3) is 0.360. The molecule has 5 heterocycles. The fourth-order valence-electron chi connectivity index (χ4n) is 4.78. The maximum atomic E-state index is 15.0. The zero-order chi connectivity index (χ0) is 24.8. The number of nitrogens with zero attached hydrogens (tertiary/aromatic N) is 7. The highest BCUT2D eigenvalue weighted by Crippen LogP contribution is 2.32. The van der Waals surface area contributed by atoms with Gasteiger partial charge in [-0.1, -0.05) is 0 Å². The molecule has 2 aliphatic heterocycles. The number of aromatic nitrogens is 5. The predicted molar refractivity (Wildman–Crippen MR) is 132 cm³/mol. The number of pyridine rings is 1. The minimum Gasteiger partial charge on any atom is -0.371 e. The summed E-state index contributed by atoms with van der Waals surface area (Å²) < 4.78 is 37.3. The van der Waals surface area contributed by atoms with Crippen LogP contribution in [0.3, 0.4) is 0 Å². The molecule has 2 aliphatic rings. The first-order valence-electron chi connectivity index (χ1n) is 11.9. The molecule has 0 saturated carbocycles. The first-order valence-corrected chi connectivity index (χ1v) is 11.9. The van der Waals surface area contributed by atoms with Crippen LogP contribution in [0.25, 0.3) is 22.3 Å². The van der Waals surface area contributed by atoms with E-state index in [1.165, 1.54) is 6.07 Å². The number of nitrogens with one attached hydrogen (secondary N) is 1. The van der Waals surface area contributed by atoms with E-state index in [4.69, 9.17) is 4.74 Å². The molecule has 1 saturated heterocycles. The van der Waals surface area contributed by atoms with Gasteiger partial charge in [0.1, 0.15) is 29.5 Å². The number of imidazole rings is 1. The third kappa shape index (κ3) is 4.14. The van der Waals surface area contributed by atoms with Crippen LogP contribution in [0.4, 0.5) is 26.2 Å². The number of likely N-dealkylation sites (N-methyl/N-ethyl adjacent to an activating group) is 1. The van der Waals surface area contributed by atoms with Crippen LogP contribution in [0.5, 0.6) is 0 Å². The van der Waals surface area contributed by atoms with Gasteiger partial charge in [-0.05, 0) is 38.2 Å². The number of hydrogen-bond acceptors (Lipinski definition) is 8. The van der Waals surface area contributed by atoms with Crippen molar-refractivity contribution in [3.05, 3.63) is 54.1 Å². The van der Waals surface area contributed by atoms with E-state index in [9.17, 15) is 4.39 Å². The van der Waals surface area contributed by atoms with E-state index in [2.05, 4.69) is 42.1 Å². The third-order valence-electron chi connectivity index (χ3n) is 6.73. The summed E-state index contributed by atoms with van der Waals surface area (Å²) in [6, 6.07) is 6.79. The molecule has 1 fully saturated rings. The van der Waals surface area contributed by atoms with Gasteiger partial charge in [-0.3, -0.25) is 0 Å². The Balaban J connectivity index is 1.28. The van der Waals surface area contributed by atoms with Gasteiger partial charge in [-0.15, -0.1) is 0 Å². The van der Waals surface area contributed by atoms with Gasteiger partial charge in [-0.25, -0.2) is 28.7 Å². The van der Waals surface area contributed by atoms with Crippen molar-refractivity contribution in [2.45, 2.75) is 19.6 Å². The highest BCUT2D eigenvalue weighted by molar-refractivity contribution is 5.83. The van der Waals surface area contributed by atoms with Crippen molar-refractivity contribution in [2.75, 3.05) is 50.1 Å². The van der Waals surface area contributed by atoms with E-state index in [1.54, 1.807) is 12.3 Å². The van der Waals surface area contributed by atoms with Crippen LogP contribution in [-0.4, -0.2) is 69.2 Å². The van der Waals surface area contributed by atoms with Crippen LogP contribution < -0.4 is 10.2 Å². The summed E-state index contributed by atoms with van der Waals surface area (Å²) in [6.07, 6.45) is 2.88. The average molecular weight is 493 g/mol. The number of rotatable bonds is 4. The highest BCUT2D eigenvalue weighted by atomic mass is 19.1. The molecule has 4 aromatic rings. The summed E-state index contributed by atoms with van der Waals surface area (Å²) in [5, 5.41) is 3.03. The lowest BCUT2D eigenvalue weighted by atomic mass is 10.1. The number of piperazine rings is 1. The molecule has 0 amide bonds. The van der Waals surface area contributed by atoms with Crippen LogP contribution in [0, 0.1) is 11.6 Å². The lowest BCUT2D eigenvalue weighted by Crippen LogP contribution is -2.44. The molecule has 1 N–H and O–H groups in total. The number of anilines is 3. The van der Waals surface area contributed by atoms with Gasteiger partial charge in [0.05, 0.1) is 36.2 Å². The number of halogens is 2. The second kappa shape index (κ2) is 9.07. The van der Waals surface area contributed by atoms with Crippen LogP contribution in [0.2, 0.25) is 0 Å². The maximum absolute atomic E-state index is 15.0. The van der Waals surface area contributed by atoms with Crippen LogP contribution >= 0.6 is 0 Å². The van der Waals surface area contributed by atoms with Gasteiger partial charge in [0.2, 0.25) is 5.95 Å². The van der Waals surface area contributed by atoms with E-state index in [1.807, 2.05) is 23.6 Å². The molecule has 11 heteroatoms. The number of hydrogen-bond donors (Lipinski definition) is 1. The highest BCUT2D eigenvalue weighted by Gasteiger charge is 2.24. The van der Waals surface area contributed by atoms with Crippen LogP contribution in [-0.2, 0) is 11.3 Å². The van der Waals surface area contributed by atoms with E-state index >= 15 is 4.39 Å². The Bertz CT molecular complexity index is 1420. The summed E-state index contributed by atoms with van der Waals surface area (Å²) >= 11 is 0. The predicted octanol–water partition coefficient (Wildman–Crippen LogP) is 3.75. The lowest BCUT2D eigenvalue weighted by Gasteiger charge is -2.33. The van der Waals surface area contributed by atoms with Gasteiger partial charge in [0.15, 0.2) is 11.6 Å². The largest absolute Gasteiger partial charge is 0.371 e. The van der Waals surface area contributed by atoms with Crippen molar-refractivity contribution in [3.8, 4) is 11.3 Å². The van der Waals surface area contributed by atoms with Gasteiger partial charge in [0, 0.05) is 31.7 Å². The van der Waals surface area contributed by atoms with Crippen molar-refractivity contribution in [1.82, 2.24) is 29.4 Å². The molecule has 1 atom stereocenters. The molecular weight excluding hydrogens is 466 g/mol. The molecule has 0 bridgehead atoms. The van der Waals surface area contributed by atoms with Crippen molar-refractivity contribution >= 4 is 28.5 Å². The first kappa shape index (κ1) is 22.7. The lowest BCUT2D eigenvalue weighted by molar-refractivity contribution is 0.0621. The summed E-state index contributed by atoms with van der Waals surface area (Å²) in [7, 11) is 2.12. The second-order valence-corrected chi connectivity index (χ2v) is 9.30. The average Bonchev–Trinajstić information content (AvgIpc) is 3.27. The van der Waals surface area contributed by atoms with Crippen LogP contribution in [0.15, 0.2) is 36.7 Å². The molecule has 1 unspecified atom stereocenters. The summed E-state index contributed by atoms with van der Waals surface area (Å²) in [4.78, 5) is 21.8. The molecule has 3 aromatic heterocycles. The molecule has 36 heavy (non-hydrogen) atoms. The van der Waals surface area contributed by atoms with Gasteiger partial charge in [0.25, 0.3) is 0 Å². The Labute approximate surface area is 206 Å². The third-order valence-corrected chi connectivity index (χ3v) is 6.73. The molecule has 9 nitrogen and oxygen atoms in total. The molecule has 0 radical (unpaired) electrons. The second-order valence-electron chi connectivity index (χ2n) is 9.30. The first-order chi connectivity index (χ1) is 17.5. The summed E-state index contributed by atoms with van der Waals surface area (Å²) in [6.45, 7) is 6.69. The Morgan fingerprint density at radius 2 is 1.83 bits per heavy atom. The quantitative estimate of drug-likeness (QED) is 0.461. The van der Waals surface area contributed by atoms with Crippen molar-refractivity contribution in [2.24, 2.45) is 0 Å². The number of ether oxygens (including phenoxy) is 1. The smallest absolute Gasteiger partial charge is 0.229 e. The normalized spacial score (nSPS) is 18.4. The molecule has 6 rings (SSSR count). The molecule has 186 valence electrons. The Morgan fingerprint density at radius 3 is 2.61 bits per heavy atom. The zero-order valence-corrected chi connectivity index (χ0v) is 20.1. The zero-order valence-electron chi connectivity index (χ0n) is 20.1. The number of fused-ring (bicyclic) bond motifs is 3. The summed E-state index contributed by atoms with van der Waals surface area (Å²) in [5.74, 6) is 0.170.